The molecule has 0 spiro atoms. The van der Waals surface area contributed by atoms with E-state index in [9.17, 15) is 86.5 Å². The largest absolute Gasteiger partial charge is 0.479 e. The zero-order valence-electron chi connectivity index (χ0n) is 31.4. The molecule has 15 unspecified atom stereocenters. The number of hydrogen-bond acceptors (Lipinski definition) is 27. The molecule has 5 saturated heterocycles. The van der Waals surface area contributed by atoms with Gasteiger partial charge in [0.2, 0.25) is 0 Å². The minimum atomic E-state index is -2.25. The maximum absolute atomic E-state index is 12.2. The molecule has 28 nitrogen and oxygen atoms in total. The summed E-state index contributed by atoms with van der Waals surface area (Å²) in [6.45, 7) is -3.73. The van der Waals surface area contributed by atoms with Crippen molar-refractivity contribution in [3.63, 3.8) is 0 Å². The van der Waals surface area contributed by atoms with Crippen molar-refractivity contribution >= 4 is 5.97 Å². The van der Waals surface area contributed by atoms with Gasteiger partial charge in [0.1, 0.15) is 116 Å². The number of aliphatic hydroxyl groups excluding tert-OH is 15. The molecule has 28 heteroatoms. The molecule has 5 aliphatic rings. The summed E-state index contributed by atoms with van der Waals surface area (Å²) in [4.78, 5) is 12.2. The van der Waals surface area contributed by atoms with Crippen molar-refractivity contribution in [3.05, 3.63) is 0 Å². The third-order valence-electron chi connectivity index (χ3n) is 10.7. The minimum Gasteiger partial charge on any atom is -0.479 e. The Balaban J connectivity index is 1.23. The lowest BCUT2D eigenvalue weighted by molar-refractivity contribution is -0.391. The summed E-state index contributed by atoms with van der Waals surface area (Å²) in [6, 6.07) is 0. The fourth-order valence-corrected chi connectivity index (χ4v) is 7.31. The van der Waals surface area contributed by atoms with Gasteiger partial charge in [0, 0.05) is 6.54 Å². The molecule has 0 radical (unpaired) electrons. The van der Waals surface area contributed by atoms with E-state index in [1.807, 2.05) is 0 Å². The van der Waals surface area contributed by atoms with Crippen LogP contribution in [-0.2, 0) is 52.2 Å². The van der Waals surface area contributed by atoms with Crippen LogP contribution in [0.15, 0.2) is 0 Å². The Labute approximate surface area is 338 Å². The monoisotopic (exact) mass is 885 g/mol. The second kappa shape index (κ2) is 21.4. The standard InChI is InChI=1S/C32H55NO27/c33-1-2-51-28-18(45)13(40)22(8(4-35)53-28)56-30-19(46)14(41)23(9(5-36)54-30)57-31-20(47)15(42)24(10(6-37)55-31)58-32-21(48)16(43)25(26(60-32)27(49)50)59-29-17(44)12(39)11(38)7(3-34)52-29/h7-26,28-32,34-48H,1-6,33H2,(H,49,50)/t7?,8?,9?,10?,11-,12?,13?,14?,15?,16?,17?,18?,19?,20?,21?,22-,23+,24+,25+,26?,28-,29+,30+,31-,32+/m0/s1. The van der Waals surface area contributed by atoms with E-state index in [-0.39, 0.29) is 13.2 Å². The number of carbonyl (C=O) groups is 1. The van der Waals surface area contributed by atoms with Gasteiger partial charge in [0.15, 0.2) is 37.6 Å². The summed E-state index contributed by atoms with van der Waals surface area (Å²) < 4.78 is 54.4. The summed E-state index contributed by atoms with van der Waals surface area (Å²) in [7, 11) is 0. The van der Waals surface area contributed by atoms with Crippen LogP contribution in [-0.4, -0.2) is 281 Å². The Hall–Kier alpha value is -1.57. The van der Waals surface area contributed by atoms with Gasteiger partial charge in [0.05, 0.1) is 33.0 Å². The molecule has 0 amide bonds. The highest BCUT2D eigenvalue weighted by Gasteiger charge is 2.57. The normalized spacial score (nSPS) is 50.4. The van der Waals surface area contributed by atoms with Crippen molar-refractivity contribution in [2.24, 2.45) is 5.73 Å². The molecule has 0 saturated carbocycles. The number of nitrogens with two attached hydrogens (primary N) is 1. The summed E-state index contributed by atoms with van der Waals surface area (Å²) in [6.07, 6.45) is -47.7. The first kappa shape index (κ1) is 49.4. The first-order valence-electron chi connectivity index (χ1n) is 18.8. The number of aliphatic carboxylic acids is 1. The fraction of sp³-hybridized carbons (Fsp3) is 0.969. The molecule has 0 aromatic heterocycles. The van der Waals surface area contributed by atoms with Crippen molar-refractivity contribution in [2.75, 3.05) is 39.6 Å². The molecule has 0 aliphatic carbocycles. The first-order valence-corrected chi connectivity index (χ1v) is 18.8. The lowest BCUT2D eigenvalue weighted by Crippen LogP contribution is -2.68. The summed E-state index contributed by atoms with van der Waals surface area (Å²) >= 11 is 0. The van der Waals surface area contributed by atoms with Gasteiger partial charge >= 0.3 is 5.97 Å². The Morgan fingerprint density at radius 1 is 0.417 bits per heavy atom. The van der Waals surface area contributed by atoms with E-state index in [1.165, 1.54) is 0 Å². The minimum absolute atomic E-state index is 0.0344. The van der Waals surface area contributed by atoms with E-state index < -0.39 is 186 Å². The van der Waals surface area contributed by atoms with Gasteiger partial charge in [-0.2, -0.15) is 0 Å². The van der Waals surface area contributed by atoms with Crippen LogP contribution in [0.2, 0.25) is 0 Å². The van der Waals surface area contributed by atoms with Crippen molar-refractivity contribution in [3.8, 4) is 0 Å². The van der Waals surface area contributed by atoms with Crippen LogP contribution < -0.4 is 5.73 Å². The van der Waals surface area contributed by atoms with Gasteiger partial charge < -0.3 is 135 Å². The third kappa shape index (κ3) is 10.2. The topological polar surface area (TPSA) is 459 Å². The van der Waals surface area contributed by atoms with Crippen LogP contribution in [0.1, 0.15) is 0 Å². The molecule has 0 aromatic carbocycles. The molecule has 5 heterocycles. The van der Waals surface area contributed by atoms with E-state index in [0.717, 1.165) is 0 Å². The fourth-order valence-electron chi connectivity index (χ4n) is 7.31. The average molecular weight is 886 g/mol. The van der Waals surface area contributed by atoms with Crippen molar-refractivity contribution in [2.45, 2.75) is 154 Å². The number of hydrogen-bond donors (Lipinski definition) is 17. The predicted octanol–water partition coefficient (Wildman–Crippen LogP) is -11.8. The first-order chi connectivity index (χ1) is 28.4. The van der Waals surface area contributed by atoms with E-state index >= 15 is 0 Å². The molecule has 60 heavy (non-hydrogen) atoms. The highest BCUT2D eigenvalue weighted by Crippen LogP contribution is 2.35. The Kier molecular flexibility index (Phi) is 17.6. The molecule has 5 rings (SSSR count). The Bertz CT molecular complexity index is 1330. The van der Waals surface area contributed by atoms with Crippen molar-refractivity contribution < 1.29 is 134 Å². The van der Waals surface area contributed by atoms with Gasteiger partial charge in [-0.05, 0) is 0 Å². The zero-order valence-corrected chi connectivity index (χ0v) is 31.4. The number of carboxylic acid groups (broad SMARTS) is 1. The van der Waals surface area contributed by atoms with Gasteiger partial charge in [-0.25, -0.2) is 4.79 Å². The third-order valence-corrected chi connectivity index (χ3v) is 10.7. The van der Waals surface area contributed by atoms with Crippen LogP contribution in [0.25, 0.3) is 0 Å². The van der Waals surface area contributed by atoms with Crippen LogP contribution >= 0.6 is 0 Å². The second-order valence-electron chi connectivity index (χ2n) is 14.6. The van der Waals surface area contributed by atoms with E-state index in [1.54, 1.807) is 0 Å². The summed E-state index contributed by atoms with van der Waals surface area (Å²) in [5.74, 6) is -1.84. The number of carboxylic acids is 1. The van der Waals surface area contributed by atoms with E-state index in [2.05, 4.69) is 0 Å². The predicted molar refractivity (Wildman–Crippen MR) is 180 cm³/mol. The van der Waals surface area contributed by atoms with Gasteiger partial charge in [0.25, 0.3) is 0 Å². The zero-order chi connectivity index (χ0) is 44.3. The molecule has 18 N–H and O–H groups in total. The highest BCUT2D eigenvalue weighted by molar-refractivity contribution is 5.73. The molecule has 0 aromatic rings. The summed E-state index contributed by atoms with van der Waals surface area (Å²) in [5, 5.41) is 167. The molecular weight excluding hydrogens is 830 g/mol. The lowest BCUT2D eigenvalue weighted by atomic mass is 9.95. The highest BCUT2D eigenvalue weighted by atomic mass is 16.8. The van der Waals surface area contributed by atoms with Crippen LogP contribution in [0.4, 0.5) is 0 Å². The number of ether oxygens (including phenoxy) is 10. The van der Waals surface area contributed by atoms with Crippen LogP contribution in [0.5, 0.6) is 0 Å². The van der Waals surface area contributed by atoms with Gasteiger partial charge in [-0.3, -0.25) is 0 Å². The number of aliphatic hydroxyl groups is 15. The molecule has 350 valence electrons. The number of rotatable bonds is 16. The maximum Gasteiger partial charge on any atom is 0.335 e. The molecule has 5 fully saturated rings. The SMILES string of the molecule is NCCO[C@H]1OC(CO)[C@H](O[C@H]2OC(CO)[C@@H](O[C@@H]3OC(CO)[C@@H](O[C@@H]4OC(C(=O)O)[C@H](O[C@H]5OC(CO)[C@H](O)C(O)C5O)C(O)C4O)C(O)C3O)C(O)C2O)C(O)C1O. The van der Waals surface area contributed by atoms with E-state index in [0.29, 0.717) is 0 Å². The van der Waals surface area contributed by atoms with Crippen LogP contribution in [0, 0.1) is 0 Å². The molecule has 0 bridgehead atoms. The Morgan fingerprint density at radius 2 is 0.733 bits per heavy atom. The smallest absolute Gasteiger partial charge is 0.335 e. The molecular formula is C32H55NO27. The second-order valence-corrected chi connectivity index (χ2v) is 14.6. The molecule has 25 atom stereocenters. The maximum atomic E-state index is 12.2. The molecule has 5 aliphatic heterocycles. The van der Waals surface area contributed by atoms with E-state index in [4.69, 9.17) is 53.1 Å². The van der Waals surface area contributed by atoms with Crippen molar-refractivity contribution in [1.29, 1.82) is 0 Å². The van der Waals surface area contributed by atoms with Gasteiger partial charge in [-0.1, -0.05) is 0 Å². The summed E-state index contributed by atoms with van der Waals surface area (Å²) in [5.41, 5.74) is 5.39. The Morgan fingerprint density at radius 3 is 1.12 bits per heavy atom. The van der Waals surface area contributed by atoms with Crippen molar-refractivity contribution in [1.82, 2.24) is 0 Å². The lowest BCUT2D eigenvalue weighted by Gasteiger charge is -2.49. The quantitative estimate of drug-likeness (QED) is 0.0684. The van der Waals surface area contributed by atoms with Crippen LogP contribution in [0.3, 0.4) is 0 Å². The van der Waals surface area contributed by atoms with Gasteiger partial charge in [-0.15, -0.1) is 0 Å². The average Bonchev–Trinajstić information content (AvgIpc) is 3.23.